The monoisotopic (exact) mass is 625 g/mol. The van der Waals surface area contributed by atoms with Crippen LogP contribution >= 0.6 is 0 Å². The van der Waals surface area contributed by atoms with Crippen LogP contribution in [0.2, 0.25) is 0 Å². The average molecular weight is 626 g/mol. The maximum absolute atomic E-state index is 11.2. The number of aliphatic carboxylic acids is 2. The number of carbonyl (C=O) groups is 6. The van der Waals surface area contributed by atoms with Crippen molar-refractivity contribution < 1.29 is 155 Å². The Bertz CT molecular complexity index is 541. The van der Waals surface area contributed by atoms with Crippen molar-refractivity contribution in [2.45, 2.75) is 70.9 Å². The van der Waals surface area contributed by atoms with E-state index in [4.69, 9.17) is 10.2 Å². The van der Waals surface area contributed by atoms with Crippen LogP contribution in [0.5, 0.6) is 0 Å². The average Bonchev–Trinajstić information content (AvgIpc) is 2.65. The van der Waals surface area contributed by atoms with Crippen molar-refractivity contribution >= 4 is 44.5 Å². The zero-order valence-corrected chi connectivity index (χ0v) is 29.9. The van der Waals surface area contributed by atoms with Crippen LogP contribution in [0.4, 0.5) is 0 Å². The topological polar surface area (TPSA) is 172 Å². The van der Waals surface area contributed by atoms with Gasteiger partial charge in [0.05, 0.1) is 12.6 Å². The largest absolute Gasteiger partial charge is 1.00 e. The number of carbonyl (C=O) groups excluding carboxylic acids is 4. The molecule has 2 atom stereocenters. The molecule has 2 bridgehead atoms. The molecule has 0 aromatic rings. The molecule has 0 aromatic carbocycles. The predicted octanol–water partition coefficient (Wildman–Crippen LogP) is -5.27. The van der Waals surface area contributed by atoms with Gasteiger partial charge in [-0.1, -0.05) is 7.43 Å². The molecule has 2 fully saturated rings. The van der Waals surface area contributed by atoms with Crippen LogP contribution in [-0.2, 0) is 28.8 Å². The number of ketones is 2. The van der Waals surface area contributed by atoms with Gasteiger partial charge in [-0.15, -0.1) is 12.8 Å². The van der Waals surface area contributed by atoms with Gasteiger partial charge in [0.1, 0.15) is 18.6 Å². The Hall–Kier alpha value is 1.22. The molecule has 0 aromatic heterocycles. The van der Waals surface area contributed by atoms with Gasteiger partial charge in [-0.05, 0) is 26.2 Å². The van der Waals surface area contributed by atoms with Crippen LogP contribution in [0.15, 0.2) is 0 Å². The van der Waals surface area contributed by atoms with E-state index < -0.39 is 30.6 Å². The van der Waals surface area contributed by atoms with Gasteiger partial charge in [-0.2, -0.15) is 12.8 Å². The number of nitrogens with two attached hydrogens (primary N) is 1. The summed E-state index contributed by atoms with van der Waals surface area (Å²) in [5.41, 5.74) is 4.50. The molecule has 3 radical (unpaired) electrons. The summed E-state index contributed by atoms with van der Waals surface area (Å²) in [6.45, 7) is 0. The number of aldehydes is 2. The Kier molecular flexibility index (Phi) is 45.8. The summed E-state index contributed by atoms with van der Waals surface area (Å²) >= 11 is 0. The number of nitrogens with zero attached hydrogens (tertiary/aromatic N) is 1. The maximum Gasteiger partial charge on any atom is 1.00 e. The fourth-order valence-corrected chi connectivity index (χ4v) is 2.81. The zero-order chi connectivity index (χ0) is 23.5. The van der Waals surface area contributed by atoms with Crippen LogP contribution < -0.4 is 122 Å². The normalized spacial score (nSPS) is 17.1. The van der Waals surface area contributed by atoms with Gasteiger partial charge < -0.3 is 43.3 Å². The summed E-state index contributed by atoms with van der Waals surface area (Å²) in [5, 5.41) is 16.0. The van der Waals surface area contributed by atoms with E-state index in [0.29, 0.717) is 30.7 Å². The Labute approximate surface area is 303 Å². The number of hydrogen-bond acceptors (Lipinski definition) is 8. The molecule has 0 saturated carbocycles. The maximum atomic E-state index is 11.2. The van der Waals surface area contributed by atoms with Crippen molar-refractivity contribution in [3.63, 3.8) is 0 Å². The first-order chi connectivity index (χ1) is 14.2. The molecule has 0 spiro atoms. The molecule has 34 heavy (non-hydrogen) atoms. The van der Waals surface area contributed by atoms with Crippen molar-refractivity contribution in [2.24, 2.45) is 5.73 Å². The number of hydrogen-bond donors (Lipinski definition) is 3. The second-order valence-corrected chi connectivity index (χ2v) is 6.45. The molecule has 2 aliphatic heterocycles. The van der Waals surface area contributed by atoms with Gasteiger partial charge in [0.2, 0.25) is 0 Å². The first-order valence-corrected chi connectivity index (χ1v) is 9.48. The minimum atomic E-state index is -1.30. The SMILES string of the molecule is C.CN.CN1C2C[CH-]CC1CC(=O)C2.O=C(O)CC(=O)CC(=O)O.O=CC[CH-]CC=O.[B].[Rb+].[Rb+]. The summed E-state index contributed by atoms with van der Waals surface area (Å²) in [5.74, 6) is -2.93. The van der Waals surface area contributed by atoms with Crippen LogP contribution in [0.3, 0.4) is 0 Å². The Morgan fingerprint density at radius 1 is 1.00 bits per heavy atom. The number of carboxylic acids is 2. The van der Waals surface area contributed by atoms with Gasteiger partial charge in [-0.3, -0.25) is 19.2 Å². The van der Waals surface area contributed by atoms with Crippen molar-refractivity contribution in [3.8, 4) is 0 Å². The second kappa shape index (κ2) is 32.2. The van der Waals surface area contributed by atoms with E-state index in [1.54, 1.807) is 6.42 Å². The number of rotatable bonds is 8. The molecule has 2 rings (SSSR count). The summed E-state index contributed by atoms with van der Waals surface area (Å²) in [6, 6.07) is 1.05. The Morgan fingerprint density at radius 3 is 1.65 bits per heavy atom. The minimum Gasteiger partial charge on any atom is -0.481 e. The fraction of sp³-hybridized carbons (Fsp3) is 0.619. The minimum absolute atomic E-state index is 0. The third-order valence-corrected chi connectivity index (χ3v) is 4.18. The van der Waals surface area contributed by atoms with Crippen molar-refractivity contribution in [1.82, 2.24) is 4.90 Å². The Morgan fingerprint density at radius 2 is 1.35 bits per heavy atom. The summed E-state index contributed by atoms with van der Waals surface area (Å²) in [4.78, 5) is 62.5. The molecule has 2 heterocycles. The summed E-state index contributed by atoms with van der Waals surface area (Å²) in [6.07, 6.45) is 8.62. The van der Waals surface area contributed by atoms with E-state index in [1.165, 1.54) is 7.05 Å². The van der Waals surface area contributed by atoms with E-state index in [-0.39, 0.29) is 132 Å². The van der Waals surface area contributed by atoms with E-state index in [0.717, 1.165) is 38.3 Å². The van der Waals surface area contributed by atoms with E-state index >= 15 is 0 Å². The van der Waals surface area contributed by atoms with E-state index in [1.807, 2.05) is 0 Å². The second-order valence-electron chi connectivity index (χ2n) is 6.45. The summed E-state index contributed by atoms with van der Waals surface area (Å²) < 4.78 is 0. The smallest absolute Gasteiger partial charge is 0.481 e. The number of unbranched alkanes of at least 4 members (excludes halogenated alkanes) is 2. The number of piperidine rings is 2. The molecular weight excluding hydrogens is 590 g/mol. The van der Waals surface area contributed by atoms with Gasteiger partial charge in [-0.25, -0.2) is 0 Å². The van der Waals surface area contributed by atoms with Crippen LogP contribution in [0.25, 0.3) is 0 Å². The standard InChI is InChI=1S/C9H14NO.C5H6O5.C5H7O2.CH5N.CH4.B.2Rb/c1-10-7-3-2-4-8(10)6-9(11)5-7;6-3(1-4(7)8)2-5(9)10;6-4-2-1-3-5-7;1-2;;;;/h2,7-8H,3-6H2,1H3;1-2H2,(H,7,8)(H,9,10);1,4-5H,2-3H2;2H2,1H3;1H4;;;/q-1;;-1;;;;2*+1. The van der Waals surface area contributed by atoms with E-state index in [2.05, 4.69) is 24.1 Å². The molecular formula is C21H36BN2O8Rb2. The first-order valence-electron chi connectivity index (χ1n) is 9.48. The van der Waals surface area contributed by atoms with Gasteiger partial charge in [0, 0.05) is 21.3 Å². The number of Topliss-reactive ketones (excluding diaryl/α,β-unsaturated/α-hetero) is 2. The van der Waals surface area contributed by atoms with E-state index in [9.17, 15) is 28.8 Å². The number of carboxylic acid groups (broad SMARTS) is 2. The fourth-order valence-electron chi connectivity index (χ4n) is 2.81. The molecule has 183 valence electrons. The molecule has 2 aliphatic rings. The predicted molar refractivity (Wildman–Crippen MR) is 121 cm³/mol. The van der Waals surface area contributed by atoms with Gasteiger partial charge >= 0.3 is 128 Å². The van der Waals surface area contributed by atoms with Crippen LogP contribution in [0, 0.1) is 12.8 Å². The van der Waals surface area contributed by atoms with Crippen molar-refractivity contribution in [2.75, 3.05) is 14.1 Å². The third kappa shape index (κ3) is 27.8. The molecule has 2 unspecified atom stereocenters. The van der Waals surface area contributed by atoms with Crippen molar-refractivity contribution in [1.29, 1.82) is 0 Å². The first kappa shape index (κ1) is 48.3. The zero-order valence-electron chi connectivity index (χ0n) is 20.1. The third-order valence-electron chi connectivity index (χ3n) is 4.18. The van der Waals surface area contributed by atoms with Gasteiger partial charge in [0.25, 0.3) is 0 Å². The molecule has 4 N–H and O–H groups in total. The van der Waals surface area contributed by atoms with Gasteiger partial charge in [0.15, 0.2) is 5.78 Å². The number of fused-ring (bicyclic) bond motifs is 2. The van der Waals surface area contributed by atoms with Crippen LogP contribution in [0.1, 0.15) is 58.8 Å². The Balaban J connectivity index is -0.0000000805. The van der Waals surface area contributed by atoms with Crippen molar-refractivity contribution in [3.05, 3.63) is 12.8 Å². The molecule has 2 saturated heterocycles. The molecule has 13 heteroatoms. The molecule has 0 aliphatic carbocycles. The summed E-state index contributed by atoms with van der Waals surface area (Å²) in [7, 11) is 3.65. The molecule has 10 nitrogen and oxygen atoms in total. The molecule has 0 amide bonds. The quantitative estimate of drug-likeness (QED) is 0.0778. The van der Waals surface area contributed by atoms with Crippen LogP contribution in [-0.4, -0.2) is 85.8 Å².